The van der Waals surface area contributed by atoms with Crippen molar-refractivity contribution in [2.75, 3.05) is 5.32 Å². The number of hydrogen-bond donors (Lipinski definition) is 1. The summed E-state index contributed by atoms with van der Waals surface area (Å²) in [5.74, 6) is 1.93. The molecule has 0 atom stereocenters. The first-order chi connectivity index (χ1) is 13.5. The monoisotopic (exact) mass is 438 g/mol. The van der Waals surface area contributed by atoms with Crippen molar-refractivity contribution in [1.29, 1.82) is 0 Å². The minimum Gasteiger partial charge on any atom is -0.377 e. The highest BCUT2D eigenvalue weighted by Gasteiger charge is 2.15. The van der Waals surface area contributed by atoms with Crippen LogP contribution in [0.15, 0.2) is 29.2 Å². The first-order valence-corrected chi connectivity index (χ1v) is 10.1. The second-order valence-electron chi connectivity index (χ2n) is 6.54. The Labute approximate surface area is 176 Å². The summed E-state index contributed by atoms with van der Waals surface area (Å²) in [6.45, 7) is 1.45. The van der Waals surface area contributed by atoms with E-state index in [-0.39, 0.29) is 10.0 Å². The number of fused-ring (bicyclic) bond motifs is 1. The molecule has 1 aliphatic rings. The molecular formula is C18H17Cl3N6O. The van der Waals surface area contributed by atoms with Gasteiger partial charge in [-0.05, 0) is 31.0 Å². The minimum absolute atomic E-state index is 0.0810. The van der Waals surface area contributed by atoms with Crippen LogP contribution in [0.3, 0.4) is 0 Å². The minimum atomic E-state index is -0.503. The van der Waals surface area contributed by atoms with Crippen molar-refractivity contribution in [3.8, 4) is 5.69 Å². The third-order valence-corrected chi connectivity index (χ3v) is 5.76. The fraction of sp³-hybridized carbons (Fsp3) is 0.333. The van der Waals surface area contributed by atoms with Gasteiger partial charge in [-0.1, -0.05) is 41.2 Å². The normalized spacial score (nSPS) is 13.8. The molecule has 0 bridgehead atoms. The molecule has 0 saturated heterocycles. The van der Waals surface area contributed by atoms with Crippen molar-refractivity contribution in [3.63, 3.8) is 0 Å². The number of anilines is 1. The van der Waals surface area contributed by atoms with Gasteiger partial charge in [-0.3, -0.25) is 4.79 Å². The van der Waals surface area contributed by atoms with Crippen molar-refractivity contribution in [2.45, 2.75) is 38.8 Å². The predicted octanol–water partition coefficient (Wildman–Crippen LogP) is 4.12. The van der Waals surface area contributed by atoms with Crippen LogP contribution in [-0.2, 0) is 19.5 Å². The number of aryl methyl sites for hydroxylation is 1. The van der Waals surface area contributed by atoms with E-state index in [2.05, 4.69) is 25.2 Å². The van der Waals surface area contributed by atoms with Gasteiger partial charge in [0.1, 0.15) is 10.8 Å². The van der Waals surface area contributed by atoms with Crippen LogP contribution in [0.4, 0.5) is 5.69 Å². The molecule has 1 aliphatic heterocycles. The maximum atomic E-state index is 12.2. The first kappa shape index (κ1) is 19.2. The average Bonchev–Trinajstić information content (AvgIpc) is 2.91. The van der Waals surface area contributed by atoms with Crippen LogP contribution < -0.4 is 10.9 Å². The van der Waals surface area contributed by atoms with Gasteiger partial charge in [0.25, 0.3) is 5.56 Å². The third-order valence-electron chi connectivity index (χ3n) is 4.70. The fourth-order valence-corrected chi connectivity index (χ4v) is 3.72. The van der Waals surface area contributed by atoms with Crippen LogP contribution in [0.2, 0.25) is 15.1 Å². The Morgan fingerprint density at radius 1 is 1.07 bits per heavy atom. The van der Waals surface area contributed by atoms with Gasteiger partial charge >= 0.3 is 0 Å². The molecule has 3 heterocycles. The molecule has 7 nitrogen and oxygen atoms in total. The summed E-state index contributed by atoms with van der Waals surface area (Å²) in [4.78, 5) is 12.2. The zero-order valence-electron chi connectivity index (χ0n) is 14.8. The van der Waals surface area contributed by atoms with Gasteiger partial charge in [-0.15, -0.1) is 10.2 Å². The van der Waals surface area contributed by atoms with Crippen LogP contribution >= 0.6 is 34.8 Å². The molecule has 0 radical (unpaired) electrons. The van der Waals surface area contributed by atoms with Gasteiger partial charge in [0.2, 0.25) is 0 Å². The molecule has 1 aromatic carbocycles. The molecule has 0 saturated carbocycles. The van der Waals surface area contributed by atoms with E-state index in [9.17, 15) is 4.79 Å². The Morgan fingerprint density at radius 2 is 1.93 bits per heavy atom. The Balaban J connectivity index is 1.54. The van der Waals surface area contributed by atoms with Crippen molar-refractivity contribution >= 4 is 40.5 Å². The van der Waals surface area contributed by atoms with Gasteiger partial charge in [-0.25, -0.2) is 0 Å². The van der Waals surface area contributed by atoms with Crippen LogP contribution in [0.25, 0.3) is 5.69 Å². The van der Waals surface area contributed by atoms with E-state index < -0.39 is 5.56 Å². The highest BCUT2D eigenvalue weighted by Crippen LogP contribution is 2.26. The van der Waals surface area contributed by atoms with Crippen molar-refractivity contribution in [2.24, 2.45) is 0 Å². The smallest absolute Gasteiger partial charge is 0.291 e. The molecule has 146 valence electrons. The van der Waals surface area contributed by atoms with Crippen molar-refractivity contribution < 1.29 is 0 Å². The predicted molar refractivity (Wildman–Crippen MR) is 110 cm³/mol. The number of aromatic nitrogens is 5. The van der Waals surface area contributed by atoms with Crippen LogP contribution in [-0.4, -0.2) is 24.5 Å². The highest BCUT2D eigenvalue weighted by atomic mass is 35.5. The van der Waals surface area contributed by atoms with E-state index >= 15 is 0 Å². The average molecular weight is 440 g/mol. The van der Waals surface area contributed by atoms with E-state index in [1.807, 2.05) is 0 Å². The molecule has 3 aromatic rings. The quantitative estimate of drug-likeness (QED) is 0.661. The van der Waals surface area contributed by atoms with Crippen LogP contribution in [0.1, 0.15) is 30.9 Å². The standard InChI is InChI=1S/C18H17Cl3N6O/c19-12-8-11(27-18(28)17(21)13(20)9-23-27)5-6-14(12)22-10-16-25-24-15-4-2-1-3-7-26(15)16/h5-6,8-9,22H,1-4,7,10H2. The molecule has 0 amide bonds. The van der Waals surface area contributed by atoms with Gasteiger partial charge in [0.15, 0.2) is 5.82 Å². The Hall–Kier alpha value is -2.09. The van der Waals surface area contributed by atoms with Crippen molar-refractivity contribution in [1.82, 2.24) is 24.5 Å². The summed E-state index contributed by atoms with van der Waals surface area (Å²) in [7, 11) is 0. The zero-order valence-corrected chi connectivity index (χ0v) is 17.1. The highest BCUT2D eigenvalue weighted by molar-refractivity contribution is 6.41. The number of benzene rings is 1. The lowest BCUT2D eigenvalue weighted by molar-refractivity contribution is 0.610. The summed E-state index contributed by atoms with van der Waals surface area (Å²) in [5, 5.41) is 16.4. The molecule has 0 aliphatic carbocycles. The summed E-state index contributed by atoms with van der Waals surface area (Å²) in [5.41, 5.74) is 0.719. The number of nitrogens with zero attached hydrogens (tertiary/aromatic N) is 5. The SMILES string of the molecule is O=c1c(Cl)c(Cl)cnn1-c1ccc(NCc2nnc3n2CCCCC3)c(Cl)c1. The van der Waals surface area contributed by atoms with Crippen LogP contribution in [0.5, 0.6) is 0 Å². The summed E-state index contributed by atoms with van der Waals surface area (Å²) >= 11 is 18.1. The third kappa shape index (κ3) is 3.74. The van der Waals surface area contributed by atoms with Gasteiger partial charge in [0, 0.05) is 13.0 Å². The van der Waals surface area contributed by atoms with E-state index in [0.29, 0.717) is 17.3 Å². The Morgan fingerprint density at radius 3 is 2.75 bits per heavy atom. The number of nitrogens with one attached hydrogen (secondary N) is 1. The largest absolute Gasteiger partial charge is 0.377 e. The molecule has 4 rings (SSSR count). The molecule has 0 fully saturated rings. The maximum absolute atomic E-state index is 12.2. The summed E-state index contributed by atoms with van der Waals surface area (Å²) in [6, 6.07) is 5.16. The van der Waals surface area contributed by atoms with E-state index in [1.54, 1.807) is 18.2 Å². The van der Waals surface area contributed by atoms with Crippen molar-refractivity contribution in [3.05, 3.63) is 61.5 Å². The molecule has 0 unspecified atom stereocenters. The van der Waals surface area contributed by atoms with E-state index in [1.165, 1.54) is 12.6 Å². The number of hydrogen-bond acceptors (Lipinski definition) is 5. The lowest BCUT2D eigenvalue weighted by atomic mass is 10.2. The molecule has 0 spiro atoms. The van der Waals surface area contributed by atoms with E-state index in [0.717, 1.165) is 47.8 Å². The van der Waals surface area contributed by atoms with Gasteiger partial charge in [-0.2, -0.15) is 9.78 Å². The second kappa shape index (κ2) is 8.11. The maximum Gasteiger partial charge on any atom is 0.291 e. The number of rotatable bonds is 4. The molecule has 1 N–H and O–H groups in total. The summed E-state index contributed by atoms with van der Waals surface area (Å²) in [6.07, 6.45) is 5.79. The number of halogens is 3. The van der Waals surface area contributed by atoms with Crippen LogP contribution in [0, 0.1) is 0 Å². The molecule has 28 heavy (non-hydrogen) atoms. The first-order valence-electron chi connectivity index (χ1n) is 8.92. The zero-order chi connectivity index (χ0) is 19.7. The second-order valence-corrected chi connectivity index (χ2v) is 7.73. The Bertz CT molecular complexity index is 1080. The lowest BCUT2D eigenvalue weighted by Gasteiger charge is -2.12. The van der Waals surface area contributed by atoms with E-state index in [4.69, 9.17) is 34.8 Å². The fourth-order valence-electron chi connectivity index (χ4n) is 3.23. The van der Waals surface area contributed by atoms with Gasteiger partial charge in [0.05, 0.1) is 34.2 Å². The lowest BCUT2D eigenvalue weighted by Crippen LogP contribution is -2.21. The molecule has 10 heteroatoms. The molecular weight excluding hydrogens is 423 g/mol. The topological polar surface area (TPSA) is 77.6 Å². The Kier molecular flexibility index (Phi) is 5.57. The summed E-state index contributed by atoms with van der Waals surface area (Å²) < 4.78 is 3.34. The molecule has 2 aromatic heterocycles. The van der Waals surface area contributed by atoms with Gasteiger partial charge < -0.3 is 9.88 Å².